The summed E-state index contributed by atoms with van der Waals surface area (Å²) in [7, 11) is 0. The van der Waals surface area contributed by atoms with Crippen molar-refractivity contribution in [3.05, 3.63) is 63.5 Å². The first kappa shape index (κ1) is 14.6. The summed E-state index contributed by atoms with van der Waals surface area (Å²) >= 11 is 0. The van der Waals surface area contributed by atoms with Gasteiger partial charge in [0.2, 0.25) is 0 Å². The Kier molecular flexibility index (Phi) is 3.98. The maximum atomic E-state index is 13.2. The fourth-order valence-electron chi connectivity index (χ4n) is 1.83. The van der Waals surface area contributed by atoms with Crippen LogP contribution in [0.5, 0.6) is 11.5 Å². The minimum absolute atomic E-state index is 0.00307. The van der Waals surface area contributed by atoms with Crippen LogP contribution in [0.2, 0.25) is 0 Å². The number of aryl methyl sites for hydroxylation is 1. The lowest BCUT2D eigenvalue weighted by Crippen LogP contribution is -2.00. The molecular formula is C15H12FNO4. The highest BCUT2D eigenvalue weighted by Gasteiger charge is 2.18. The quantitative estimate of drug-likeness (QED) is 0.484. The highest BCUT2D eigenvalue weighted by molar-refractivity contribution is 5.98. The molecule has 0 bridgehead atoms. The average molecular weight is 289 g/mol. The molecule has 108 valence electrons. The van der Waals surface area contributed by atoms with Crippen LogP contribution in [0.25, 0.3) is 0 Å². The Labute approximate surface area is 120 Å². The smallest absolute Gasteiger partial charge is 0.283 e. The van der Waals surface area contributed by atoms with Crippen molar-refractivity contribution < 1.29 is 18.8 Å². The third kappa shape index (κ3) is 3.22. The molecular weight excluding hydrogens is 277 g/mol. The van der Waals surface area contributed by atoms with Gasteiger partial charge in [-0.1, -0.05) is 6.07 Å². The summed E-state index contributed by atoms with van der Waals surface area (Å²) in [6.45, 7) is 2.98. The van der Waals surface area contributed by atoms with E-state index in [4.69, 9.17) is 4.74 Å². The van der Waals surface area contributed by atoms with Gasteiger partial charge in [0.1, 0.15) is 17.3 Å². The van der Waals surface area contributed by atoms with Gasteiger partial charge in [0.25, 0.3) is 5.69 Å². The minimum Gasteiger partial charge on any atom is -0.457 e. The molecule has 0 aliphatic heterocycles. The lowest BCUT2D eigenvalue weighted by molar-refractivity contribution is -0.385. The molecule has 0 saturated heterocycles. The molecule has 0 spiro atoms. The highest BCUT2D eigenvalue weighted by Crippen LogP contribution is 2.30. The number of hydrogen-bond acceptors (Lipinski definition) is 4. The van der Waals surface area contributed by atoms with Crippen LogP contribution < -0.4 is 4.74 Å². The molecule has 2 aromatic carbocycles. The third-order valence-corrected chi connectivity index (χ3v) is 2.92. The number of carbonyl (C=O) groups is 1. The van der Waals surface area contributed by atoms with E-state index >= 15 is 0 Å². The molecule has 2 aromatic rings. The Bertz CT molecular complexity index is 728. The largest absolute Gasteiger partial charge is 0.457 e. The number of benzene rings is 2. The molecule has 0 heterocycles. The fourth-order valence-corrected chi connectivity index (χ4v) is 1.83. The van der Waals surface area contributed by atoms with Crippen molar-refractivity contribution in [2.75, 3.05) is 0 Å². The van der Waals surface area contributed by atoms with E-state index in [2.05, 4.69) is 0 Å². The van der Waals surface area contributed by atoms with Crippen molar-refractivity contribution in [3.63, 3.8) is 0 Å². The zero-order valence-corrected chi connectivity index (χ0v) is 11.4. The van der Waals surface area contributed by atoms with Gasteiger partial charge in [-0.2, -0.15) is 0 Å². The second-order valence-electron chi connectivity index (χ2n) is 4.50. The summed E-state index contributed by atoms with van der Waals surface area (Å²) in [6.07, 6.45) is 0. The van der Waals surface area contributed by atoms with Crippen LogP contribution in [0.4, 0.5) is 10.1 Å². The number of Topliss-reactive ketones (excluding diaryl/α,β-unsaturated/α-hetero) is 1. The summed E-state index contributed by atoms with van der Waals surface area (Å²) in [4.78, 5) is 21.7. The summed E-state index contributed by atoms with van der Waals surface area (Å²) in [5, 5.41) is 11.0. The van der Waals surface area contributed by atoms with Crippen LogP contribution in [0, 0.1) is 22.9 Å². The predicted octanol–water partition coefficient (Wildman–Crippen LogP) is 4.04. The second-order valence-corrected chi connectivity index (χ2v) is 4.50. The van der Waals surface area contributed by atoms with Gasteiger partial charge in [-0.15, -0.1) is 0 Å². The molecule has 5 nitrogen and oxygen atoms in total. The van der Waals surface area contributed by atoms with Crippen molar-refractivity contribution in [1.82, 2.24) is 0 Å². The van der Waals surface area contributed by atoms with Crippen LogP contribution in [0.1, 0.15) is 22.8 Å². The Morgan fingerprint density at radius 1 is 1.24 bits per heavy atom. The summed E-state index contributed by atoms with van der Waals surface area (Å²) in [5.41, 5.74) is 0.354. The number of hydrogen-bond donors (Lipinski definition) is 0. The zero-order chi connectivity index (χ0) is 15.6. The molecule has 0 saturated carbocycles. The second kappa shape index (κ2) is 5.70. The van der Waals surface area contributed by atoms with E-state index in [-0.39, 0.29) is 22.7 Å². The van der Waals surface area contributed by atoms with E-state index < -0.39 is 16.5 Å². The van der Waals surface area contributed by atoms with Gasteiger partial charge in [0, 0.05) is 6.07 Å². The lowest BCUT2D eigenvalue weighted by atomic mass is 10.1. The first-order valence-electron chi connectivity index (χ1n) is 6.12. The molecule has 0 atom stereocenters. The number of ether oxygens (including phenoxy) is 1. The normalized spacial score (nSPS) is 10.2. The number of carbonyl (C=O) groups excluding carboxylic acids is 1. The number of nitro groups is 1. The highest BCUT2D eigenvalue weighted by atomic mass is 19.1. The van der Waals surface area contributed by atoms with E-state index in [1.54, 1.807) is 13.0 Å². The van der Waals surface area contributed by atoms with Gasteiger partial charge in [0.05, 0.1) is 16.6 Å². The van der Waals surface area contributed by atoms with Gasteiger partial charge >= 0.3 is 0 Å². The molecule has 2 rings (SSSR count). The number of rotatable bonds is 4. The topological polar surface area (TPSA) is 69.4 Å². The first-order chi connectivity index (χ1) is 9.88. The molecule has 0 amide bonds. The van der Waals surface area contributed by atoms with Crippen LogP contribution in [-0.4, -0.2) is 10.7 Å². The Hall–Kier alpha value is -2.76. The lowest BCUT2D eigenvalue weighted by Gasteiger charge is -2.09. The van der Waals surface area contributed by atoms with Crippen LogP contribution in [-0.2, 0) is 0 Å². The summed E-state index contributed by atoms with van der Waals surface area (Å²) in [5.74, 6) is -0.444. The molecule has 0 N–H and O–H groups in total. The van der Waals surface area contributed by atoms with Crippen LogP contribution >= 0.6 is 0 Å². The van der Waals surface area contributed by atoms with Crippen LogP contribution in [0.15, 0.2) is 36.4 Å². The van der Waals surface area contributed by atoms with E-state index in [0.29, 0.717) is 5.56 Å². The number of nitro benzene ring substituents is 1. The molecule has 0 aromatic heterocycles. The van der Waals surface area contributed by atoms with E-state index in [0.717, 1.165) is 6.07 Å². The first-order valence-corrected chi connectivity index (χ1v) is 6.12. The number of halogens is 1. The molecule has 0 aliphatic carbocycles. The molecule has 0 unspecified atom stereocenters. The summed E-state index contributed by atoms with van der Waals surface area (Å²) in [6, 6.07) is 7.95. The molecule has 21 heavy (non-hydrogen) atoms. The van der Waals surface area contributed by atoms with E-state index in [1.807, 2.05) is 0 Å². The number of nitrogens with zero attached hydrogens (tertiary/aromatic N) is 1. The Balaban J connectivity index is 2.41. The Morgan fingerprint density at radius 2 is 1.95 bits per heavy atom. The molecule has 0 aliphatic rings. The standard InChI is InChI=1S/C15H12FNO4/c1-9-3-4-11(16)7-15(9)21-12-5-6-13(10(2)18)14(8-12)17(19)20/h3-8H,1-2H3. The van der Waals surface area contributed by atoms with Gasteiger partial charge in [-0.3, -0.25) is 14.9 Å². The van der Waals surface area contributed by atoms with Gasteiger partial charge in [-0.05, 0) is 37.6 Å². The summed E-state index contributed by atoms with van der Waals surface area (Å²) < 4.78 is 18.7. The molecule has 0 fully saturated rings. The molecule has 6 heteroatoms. The van der Waals surface area contributed by atoms with Crippen molar-refractivity contribution in [1.29, 1.82) is 0 Å². The van der Waals surface area contributed by atoms with E-state index in [1.165, 1.54) is 31.2 Å². The van der Waals surface area contributed by atoms with Gasteiger partial charge in [0.15, 0.2) is 5.78 Å². The average Bonchev–Trinajstić information content (AvgIpc) is 2.42. The van der Waals surface area contributed by atoms with Crippen molar-refractivity contribution in [2.45, 2.75) is 13.8 Å². The minimum atomic E-state index is -0.651. The fraction of sp³-hybridized carbons (Fsp3) is 0.133. The van der Waals surface area contributed by atoms with Crippen molar-refractivity contribution in [3.8, 4) is 11.5 Å². The predicted molar refractivity (Wildman–Crippen MR) is 74.3 cm³/mol. The van der Waals surface area contributed by atoms with Gasteiger partial charge < -0.3 is 4.74 Å². The monoisotopic (exact) mass is 289 g/mol. The van der Waals surface area contributed by atoms with Crippen LogP contribution in [0.3, 0.4) is 0 Å². The van der Waals surface area contributed by atoms with Crippen molar-refractivity contribution >= 4 is 11.5 Å². The van der Waals surface area contributed by atoms with Crippen molar-refractivity contribution in [2.24, 2.45) is 0 Å². The van der Waals surface area contributed by atoms with Gasteiger partial charge in [-0.25, -0.2) is 4.39 Å². The zero-order valence-electron chi connectivity index (χ0n) is 11.4. The maximum absolute atomic E-state index is 13.2. The Morgan fingerprint density at radius 3 is 2.57 bits per heavy atom. The maximum Gasteiger partial charge on any atom is 0.283 e. The number of ketones is 1. The van der Waals surface area contributed by atoms with E-state index in [9.17, 15) is 19.3 Å². The molecule has 0 radical (unpaired) electrons. The SMILES string of the molecule is CC(=O)c1ccc(Oc2cc(F)ccc2C)cc1[N+](=O)[O-]. The third-order valence-electron chi connectivity index (χ3n) is 2.92.